The van der Waals surface area contributed by atoms with Crippen molar-refractivity contribution < 1.29 is 18.0 Å². The van der Waals surface area contributed by atoms with Crippen molar-refractivity contribution in [1.82, 2.24) is 5.32 Å². The smallest absolute Gasteiger partial charge is 0.251 e. The lowest BCUT2D eigenvalue weighted by atomic mass is 10.2. The first kappa shape index (κ1) is 17.9. The Labute approximate surface area is 143 Å². The summed E-state index contributed by atoms with van der Waals surface area (Å²) in [4.78, 5) is 23.6. The number of primary sulfonamides is 1. The highest BCUT2D eigenvalue weighted by molar-refractivity contribution is 7.89. The van der Waals surface area contributed by atoms with Crippen LogP contribution in [-0.2, 0) is 14.8 Å². The number of nitrogens with two attached hydrogens (primary N) is 1. The lowest BCUT2D eigenvalue weighted by Crippen LogP contribution is -2.32. The largest absolute Gasteiger partial charge is 0.343 e. The van der Waals surface area contributed by atoms with Gasteiger partial charge >= 0.3 is 0 Å². The lowest BCUT2D eigenvalue weighted by molar-refractivity contribution is -0.115. The Morgan fingerprint density at radius 1 is 1.08 bits per heavy atom. The first-order valence-corrected chi connectivity index (χ1v) is 8.64. The number of rotatable bonds is 5. The van der Waals surface area contributed by atoms with Crippen LogP contribution in [0.4, 0.5) is 5.69 Å². The molecule has 4 N–H and O–H groups in total. The Hall–Kier alpha value is -2.42. The first-order chi connectivity index (χ1) is 11.3. The molecule has 2 aromatic rings. The lowest BCUT2D eigenvalue weighted by Gasteiger charge is -2.08. The van der Waals surface area contributed by atoms with E-state index in [0.717, 1.165) is 0 Å². The second kappa shape index (κ2) is 7.43. The third-order valence-electron chi connectivity index (χ3n) is 2.96. The summed E-state index contributed by atoms with van der Waals surface area (Å²) >= 11 is 5.79. The molecule has 0 aliphatic rings. The van der Waals surface area contributed by atoms with Crippen LogP contribution < -0.4 is 15.8 Å². The van der Waals surface area contributed by atoms with Crippen molar-refractivity contribution >= 4 is 39.1 Å². The Morgan fingerprint density at radius 3 is 2.33 bits per heavy atom. The van der Waals surface area contributed by atoms with Gasteiger partial charge in [0.25, 0.3) is 5.91 Å². The highest BCUT2D eigenvalue weighted by Gasteiger charge is 2.10. The van der Waals surface area contributed by atoms with Crippen LogP contribution in [0.2, 0.25) is 5.02 Å². The molecule has 2 amide bonds. The molecule has 126 valence electrons. The summed E-state index contributed by atoms with van der Waals surface area (Å²) in [6, 6.07) is 11.7. The Balaban J connectivity index is 1.90. The van der Waals surface area contributed by atoms with Gasteiger partial charge in [-0.25, -0.2) is 13.6 Å². The van der Waals surface area contributed by atoms with Gasteiger partial charge in [0.05, 0.1) is 11.4 Å². The molecule has 0 unspecified atom stereocenters. The zero-order valence-electron chi connectivity index (χ0n) is 12.3. The first-order valence-electron chi connectivity index (χ1n) is 6.72. The summed E-state index contributed by atoms with van der Waals surface area (Å²) in [5.41, 5.74) is 0.720. The van der Waals surface area contributed by atoms with E-state index in [1.54, 1.807) is 18.2 Å². The number of carbonyl (C=O) groups excluding carboxylic acids is 2. The number of benzene rings is 2. The highest BCUT2D eigenvalue weighted by atomic mass is 35.5. The van der Waals surface area contributed by atoms with Gasteiger partial charge < -0.3 is 10.6 Å². The van der Waals surface area contributed by atoms with E-state index in [4.69, 9.17) is 16.7 Å². The minimum Gasteiger partial charge on any atom is -0.343 e. The summed E-state index contributed by atoms with van der Waals surface area (Å²) in [7, 11) is -3.78. The van der Waals surface area contributed by atoms with Crippen molar-refractivity contribution in [2.75, 3.05) is 11.9 Å². The number of hydrogen-bond acceptors (Lipinski definition) is 4. The van der Waals surface area contributed by atoms with Crippen LogP contribution in [0, 0.1) is 0 Å². The summed E-state index contributed by atoms with van der Waals surface area (Å²) in [5, 5.41) is 10.4. The van der Waals surface area contributed by atoms with Gasteiger partial charge in [0.1, 0.15) is 0 Å². The van der Waals surface area contributed by atoms with Gasteiger partial charge in [-0.2, -0.15) is 0 Å². The zero-order valence-corrected chi connectivity index (χ0v) is 13.9. The maximum Gasteiger partial charge on any atom is 0.251 e. The fourth-order valence-electron chi connectivity index (χ4n) is 1.83. The molecule has 2 aromatic carbocycles. The Kier molecular flexibility index (Phi) is 5.55. The van der Waals surface area contributed by atoms with Gasteiger partial charge in [0.2, 0.25) is 15.9 Å². The molecule has 0 saturated heterocycles. The molecule has 0 fully saturated rings. The molecule has 7 nitrogen and oxygen atoms in total. The van der Waals surface area contributed by atoms with Gasteiger partial charge in [0.15, 0.2) is 0 Å². The van der Waals surface area contributed by atoms with Gasteiger partial charge in [-0.3, -0.25) is 9.59 Å². The van der Waals surface area contributed by atoms with Crippen LogP contribution in [-0.4, -0.2) is 26.8 Å². The predicted octanol–water partition coefficient (Wildman–Crippen LogP) is 1.36. The number of halogens is 1. The summed E-state index contributed by atoms with van der Waals surface area (Å²) in [5.74, 6) is -0.897. The summed E-state index contributed by atoms with van der Waals surface area (Å²) in [6.07, 6.45) is 0. The van der Waals surface area contributed by atoms with Gasteiger partial charge in [-0.1, -0.05) is 17.7 Å². The monoisotopic (exact) mass is 367 g/mol. The van der Waals surface area contributed by atoms with Crippen LogP contribution in [0.15, 0.2) is 53.4 Å². The van der Waals surface area contributed by atoms with E-state index >= 15 is 0 Å². The average molecular weight is 368 g/mol. The number of nitrogens with one attached hydrogen (secondary N) is 2. The van der Waals surface area contributed by atoms with E-state index in [-0.39, 0.29) is 11.4 Å². The van der Waals surface area contributed by atoms with E-state index in [0.29, 0.717) is 16.3 Å². The number of anilines is 1. The third kappa shape index (κ3) is 5.05. The molecule has 0 atom stereocenters. The van der Waals surface area contributed by atoms with Crippen molar-refractivity contribution in [2.45, 2.75) is 4.90 Å². The molecule has 0 aliphatic carbocycles. The van der Waals surface area contributed by atoms with Gasteiger partial charge in [0, 0.05) is 16.3 Å². The van der Waals surface area contributed by atoms with Gasteiger partial charge in [-0.15, -0.1) is 0 Å². The highest BCUT2D eigenvalue weighted by Crippen LogP contribution is 2.13. The number of sulfonamides is 1. The van der Waals surface area contributed by atoms with Crippen LogP contribution in [0.25, 0.3) is 0 Å². The Morgan fingerprint density at radius 2 is 1.75 bits per heavy atom. The van der Waals surface area contributed by atoms with Crippen molar-refractivity contribution in [2.24, 2.45) is 5.14 Å². The quantitative estimate of drug-likeness (QED) is 0.739. The molecule has 0 aliphatic heterocycles. The van der Waals surface area contributed by atoms with E-state index < -0.39 is 21.8 Å². The molecule has 0 aromatic heterocycles. The summed E-state index contributed by atoms with van der Waals surface area (Å²) in [6.45, 7) is -0.248. The van der Waals surface area contributed by atoms with Crippen molar-refractivity contribution in [3.05, 3.63) is 59.1 Å². The fraction of sp³-hybridized carbons (Fsp3) is 0.0667. The molecule has 0 bridgehead atoms. The Bertz CT molecular complexity index is 867. The van der Waals surface area contributed by atoms with Crippen molar-refractivity contribution in [3.8, 4) is 0 Å². The zero-order chi connectivity index (χ0) is 17.7. The maximum atomic E-state index is 11.9. The number of amides is 2. The van der Waals surface area contributed by atoms with Crippen LogP contribution in [0.1, 0.15) is 10.4 Å². The normalized spacial score (nSPS) is 10.9. The van der Waals surface area contributed by atoms with Gasteiger partial charge in [-0.05, 0) is 42.5 Å². The SMILES string of the molecule is NS(=O)(=O)c1ccc(NC(=O)CNC(=O)c2cccc(Cl)c2)cc1. The fourth-order valence-corrected chi connectivity index (χ4v) is 2.53. The topological polar surface area (TPSA) is 118 Å². The van der Waals surface area contributed by atoms with Crippen LogP contribution in [0.5, 0.6) is 0 Å². The van der Waals surface area contributed by atoms with Crippen molar-refractivity contribution in [3.63, 3.8) is 0 Å². The van der Waals surface area contributed by atoms with E-state index in [1.807, 2.05) is 0 Å². The number of carbonyl (C=O) groups is 2. The molecule has 0 heterocycles. The maximum absolute atomic E-state index is 11.9. The van der Waals surface area contributed by atoms with E-state index in [1.165, 1.54) is 30.3 Å². The predicted molar refractivity (Wildman–Crippen MR) is 90.2 cm³/mol. The minimum absolute atomic E-state index is 0.0604. The molecular weight excluding hydrogens is 354 g/mol. The average Bonchev–Trinajstić information content (AvgIpc) is 2.52. The van der Waals surface area contributed by atoms with Crippen LogP contribution in [0.3, 0.4) is 0 Å². The molecule has 0 radical (unpaired) electrons. The second-order valence-corrected chi connectivity index (χ2v) is 6.81. The number of hydrogen-bond donors (Lipinski definition) is 3. The van der Waals surface area contributed by atoms with Crippen molar-refractivity contribution in [1.29, 1.82) is 0 Å². The molecule has 2 rings (SSSR count). The molecular formula is C15H14ClN3O4S. The third-order valence-corrected chi connectivity index (χ3v) is 4.13. The summed E-state index contributed by atoms with van der Waals surface area (Å²) < 4.78 is 22.3. The molecule has 0 spiro atoms. The molecule has 0 saturated carbocycles. The van der Waals surface area contributed by atoms with Crippen LogP contribution >= 0.6 is 11.6 Å². The minimum atomic E-state index is -3.78. The van der Waals surface area contributed by atoms with E-state index in [2.05, 4.69) is 10.6 Å². The second-order valence-electron chi connectivity index (χ2n) is 4.81. The molecule has 9 heteroatoms. The van der Waals surface area contributed by atoms with E-state index in [9.17, 15) is 18.0 Å². The molecule has 24 heavy (non-hydrogen) atoms. The standard InChI is InChI=1S/C15H14ClN3O4S/c16-11-3-1-2-10(8-11)15(21)18-9-14(20)19-12-4-6-13(7-5-12)24(17,22)23/h1-8H,9H2,(H,18,21)(H,19,20)(H2,17,22,23).